The molecule has 0 aromatic heterocycles. The highest BCUT2D eigenvalue weighted by Gasteiger charge is 2.42. The number of amides is 2. The summed E-state index contributed by atoms with van der Waals surface area (Å²) < 4.78 is 0. The van der Waals surface area contributed by atoms with Crippen LogP contribution < -0.4 is 11.1 Å². The highest BCUT2D eigenvalue weighted by molar-refractivity contribution is 5.72. The van der Waals surface area contributed by atoms with E-state index in [4.69, 9.17) is 10.8 Å². The van der Waals surface area contributed by atoms with E-state index in [-0.39, 0.29) is 18.1 Å². The van der Waals surface area contributed by atoms with Crippen LogP contribution in [0.5, 0.6) is 0 Å². The third-order valence-corrected chi connectivity index (χ3v) is 2.54. The normalized spacial score (nSPS) is 36.0. The summed E-state index contributed by atoms with van der Waals surface area (Å²) >= 11 is 0. The second kappa shape index (κ2) is 2.70. The molecule has 0 bridgehead atoms. The number of hydrogen-bond acceptors (Lipinski definition) is 2. The lowest BCUT2D eigenvalue weighted by Gasteiger charge is -2.46. The molecule has 0 unspecified atom stereocenters. The topological polar surface area (TPSA) is 75.3 Å². The summed E-state index contributed by atoms with van der Waals surface area (Å²) in [4.78, 5) is 10.5. The molecule has 2 atom stereocenters. The SMILES string of the molecule is C[C@@]1(NC(N)=O)CC[C@@H]1CO. The Balaban J connectivity index is 2.47. The number of aliphatic hydroxyl groups is 1. The maximum absolute atomic E-state index is 10.5. The number of hydrogen-bond donors (Lipinski definition) is 3. The monoisotopic (exact) mass is 158 g/mol. The van der Waals surface area contributed by atoms with Crippen LogP contribution >= 0.6 is 0 Å². The van der Waals surface area contributed by atoms with Gasteiger partial charge in [-0.1, -0.05) is 0 Å². The van der Waals surface area contributed by atoms with E-state index >= 15 is 0 Å². The first-order chi connectivity index (χ1) is 5.08. The Morgan fingerprint density at radius 1 is 1.91 bits per heavy atom. The number of carbonyl (C=O) groups excluding carboxylic acids is 1. The Labute approximate surface area is 65.8 Å². The highest BCUT2D eigenvalue weighted by Crippen LogP contribution is 2.37. The van der Waals surface area contributed by atoms with E-state index < -0.39 is 6.03 Å². The third-order valence-electron chi connectivity index (χ3n) is 2.54. The molecule has 11 heavy (non-hydrogen) atoms. The fraction of sp³-hybridized carbons (Fsp3) is 0.857. The van der Waals surface area contributed by atoms with Crippen molar-refractivity contribution in [3.8, 4) is 0 Å². The van der Waals surface area contributed by atoms with Gasteiger partial charge in [-0.25, -0.2) is 4.79 Å². The van der Waals surface area contributed by atoms with Crippen molar-refractivity contribution in [3.63, 3.8) is 0 Å². The summed E-state index contributed by atoms with van der Waals surface area (Å²) in [5, 5.41) is 11.5. The van der Waals surface area contributed by atoms with Crippen LogP contribution in [0.4, 0.5) is 4.79 Å². The van der Waals surface area contributed by atoms with Gasteiger partial charge in [0.25, 0.3) is 0 Å². The first-order valence-corrected chi connectivity index (χ1v) is 3.77. The van der Waals surface area contributed by atoms with E-state index in [1.807, 2.05) is 6.92 Å². The molecule has 0 heterocycles. The molecular formula is C7H14N2O2. The summed E-state index contributed by atoms with van der Waals surface area (Å²) in [6, 6.07) is -0.509. The average molecular weight is 158 g/mol. The zero-order valence-corrected chi connectivity index (χ0v) is 6.63. The van der Waals surface area contributed by atoms with Gasteiger partial charge in [0.2, 0.25) is 0 Å². The second-order valence-corrected chi connectivity index (χ2v) is 3.32. The third kappa shape index (κ3) is 1.45. The molecule has 1 aliphatic rings. The predicted octanol–water partition coefficient (Wildman–Crippen LogP) is -0.184. The summed E-state index contributed by atoms with van der Waals surface area (Å²) in [7, 11) is 0. The minimum Gasteiger partial charge on any atom is -0.396 e. The van der Waals surface area contributed by atoms with Gasteiger partial charge < -0.3 is 16.2 Å². The quantitative estimate of drug-likeness (QED) is 0.521. The van der Waals surface area contributed by atoms with Crippen LogP contribution in [0, 0.1) is 5.92 Å². The molecule has 0 saturated heterocycles. The molecule has 0 aromatic carbocycles. The van der Waals surface area contributed by atoms with Crippen molar-refractivity contribution in [2.45, 2.75) is 25.3 Å². The lowest BCUT2D eigenvalue weighted by molar-refractivity contribution is 0.0542. The number of nitrogens with one attached hydrogen (secondary N) is 1. The molecule has 1 aliphatic carbocycles. The molecule has 1 rings (SSSR count). The Morgan fingerprint density at radius 3 is 2.82 bits per heavy atom. The molecular weight excluding hydrogens is 144 g/mol. The van der Waals surface area contributed by atoms with Gasteiger partial charge >= 0.3 is 6.03 Å². The number of nitrogens with two attached hydrogens (primary N) is 1. The van der Waals surface area contributed by atoms with Gasteiger partial charge in [-0.15, -0.1) is 0 Å². The average Bonchev–Trinajstić information content (AvgIpc) is 1.85. The summed E-state index contributed by atoms with van der Waals surface area (Å²) in [5.74, 6) is 0.176. The Hall–Kier alpha value is -0.770. The van der Waals surface area contributed by atoms with Gasteiger partial charge in [0.15, 0.2) is 0 Å². The van der Waals surface area contributed by atoms with Crippen molar-refractivity contribution in [2.75, 3.05) is 6.61 Å². The van der Waals surface area contributed by atoms with Gasteiger partial charge in [-0.05, 0) is 19.8 Å². The number of rotatable bonds is 2. The van der Waals surface area contributed by atoms with Crippen molar-refractivity contribution in [2.24, 2.45) is 11.7 Å². The van der Waals surface area contributed by atoms with Gasteiger partial charge in [0.05, 0.1) is 0 Å². The minimum absolute atomic E-state index is 0.122. The van der Waals surface area contributed by atoms with Crippen LogP contribution in [-0.2, 0) is 0 Å². The molecule has 4 N–H and O–H groups in total. The van der Waals surface area contributed by atoms with E-state index in [2.05, 4.69) is 5.32 Å². The van der Waals surface area contributed by atoms with E-state index in [0.29, 0.717) is 0 Å². The summed E-state index contributed by atoms with van der Waals surface area (Å²) in [6.07, 6.45) is 1.87. The summed E-state index contributed by atoms with van der Waals surface area (Å²) in [5.41, 5.74) is 4.71. The van der Waals surface area contributed by atoms with Crippen LogP contribution in [0.1, 0.15) is 19.8 Å². The van der Waals surface area contributed by atoms with Crippen LogP contribution in [-0.4, -0.2) is 23.3 Å². The van der Waals surface area contributed by atoms with Crippen molar-refractivity contribution in [1.82, 2.24) is 5.32 Å². The Bertz CT molecular complexity index is 170. The largest absolute Gasteiger partial charge is 0.396 e. The smallest absolute Gasteiger partial charge is 0.312 e. The Morgan fingerprint density at radius 2 is 2.55 bits per heavy atom. The standard InChI is InChI=1S/C7H14N2O2/c1-7(9-6(8)11)3-2-5(7)4-10/h5,10H,2-4H2,1H3,(H3,8,9,11)/t5-,7-/m1/s1. The maximum atomic E-state index is 10.5. The van der Waals surface area contributed by atoms with Crippen LogP contribution in [0.15, 0.2) is 0 Å². The lowest BCUT2D eigenvalue weighted by Crippen LogP contribution is -2.60. The van der Waals surface area contributed by atoms with E-state index in [9.17, 15) is 4.79 Å². The fourth-order valence-corrected chi connectivity index (χ4v) is 1.52. The number of urea groups is 1. The molecule has 0 aliphatic heterocycles. The number of primary amides is 1. The predicted molar refractivity (Wildman–Crippen MR) is 40.9 cm³/mol. The van der Waals surface area contributed by atoms with E-state index in [1.54, 1.807) is 0 Å². The van der Waals surface area contributed by atoms with Gasteiger partial charge in [0, 0.05) is 18.1 Å². The molecule has 1 saturated carbocycles. The van der Waals surface area contributed by atoms with Gasteiger partial charge in [0.1, 0.15) is 0 Å². The molecule has 1 fully saturated rings. The number of aliphatic hydroxyl groups excluding tert-OH is 1. The second-order valence-electron chi connectivity index (χ2n) is 3.32. The molecule has 0 aromatic rings. The lowest BCUT2D eigenvalue weighted by atomic mass is 9.68. The first-order valence-electron chi connectivity index (χ1n) is 3.77. The van der Waals surface area contributed by atoms with Crippen molar-refractivity contribution >= 4 is 6.03 Å². The van der Waals surface area contributed by atoms with Gasteiger partial charge in [-0.3, -0.25) is 0 Å². The van der Waals surface area contributed by atoms with Crippen molar-refractivity contribution in [3.05, 3.63) is 0 Å². The zero-order valence-electron chi connectivity index (χ0n) is 6.63. The molecule has 0 radical (unpaired) electrons. The maximum Gasteiger partial charge on any atom is 0.312 e. The fourth-order valence-electron chi connectivity index (χ4n) is 1.52. The molecule has 0 spiro atoms. The minimum atomic E-state index is -0.509. The van der Waals surface area contributed by atoms with E-state index in [1.165, 1.54) is 0 Å². The molecule has 64 valence electrons. The van der Waals surface area contributed by atoms with Crippen LogP contribution in [0.25, 0.3) is 0 Å². The molecule has 2 amide bonds. The van der Waals surface area contributed by atoms with Crippen molar-refractivity contribution < 1.29 is 9.90 Å². The van der Waals surface area contributed by atoms with Crippen LogP contribution in [0.3, 0.4) is 0 Å². The first kappa shape index (κ1) is 8.33. The van der Waals surface area contributed by atoms with E-state index in [0.717, 1.165) is 12.8 Å². The Kier molecular flexibility index (Phi) is 2.04. The van der Waals surface area contributed by atoms with Crippen molar-refractivity contribution in [1.29, 1.82) is 0 Å². The highest BCUT2D eigenvalue weighted by atomic mass is 16.3. The molecule has 4 nitrogen and oxygen atoms in total. The number of carbonyl (C=O) groups is 1. The summed E-state index contributed by atoms with van der Waals surface area (Å²) in [6.45, 7) is 2.03. The zero-order chi connectivity index (χ0) is 8.48. The van der Waals surface area contributed by atoms with Gasteiger partial charge in [-0.2, -0.15) is 0 Å². The molecule has 4 heteroatoms. The van der Waals surface area contributed by atoms with Crippen LogP contribution in [0.2, 0.25) is 0 Å².